The van der Waals surface area contributed by atoms with E-state index >= 15 is 0 Å². The number of carboxylic acid groups (broad SMARTS) is 1. The van der Waals surface area contributed by atoms with Crippen LogP contribution >= 0.6 is 0 Å². The molecule has 1 atom stereocenters. The number of carbonyl (C=O) groups excluding carboxylic acids is 1. The molecule has 4 rings (SSSR count). The molecule has 188 valence electrons. The van der Waals surface area contributed by atoms with Crippen molar-refractivity contribution < 1.29 is 19.1 Å². The fraction of sp³-hybridized carbons (Fsp3) is 0.536. The SMILES string of the molecule is CC(NC(=O)c1cc2c(n(CC3CCCCC3)c1=O)CCCCCC2)(C(=O)O)c1ccc(F)cc1. The van der Waals surface area contributed by atoms with E-state index in [2.05, 4.69) is 5.32 Å². The van der Waals surface area contributed by atoms with E-state index in [1.807, 2.05) is 4.57 Å². The topological polar surface area (TPSA) is 88.4 Å². The number of halogens is 1. The lowest BCUT2D eigenvalue weighted by molar-refractivity contribution is -0.144. The molecule has 0 spiro atoms. The van der Waals surface area contributed by atoms with Crippen LogP contribution < -0.4 is 10.9 Å². The molecule has 7 heteroatoms. The van der Waals surface area contributed by atoms with Crippen molar-refractivity contribution in [2.45, 2.75) is 89.6 Å². The Bertz CT molecular complexity index is 1130. The summed E-state index contributed by atoms with van der Waals surface area (Å²) in [6, 6.07) is 6.68. The lowest BCUT2D eigenvalue weighted by Crippen LogP contribution is -2.51. The summed E-state index contributed by atoms with van der Waals surface area (Å²) in [7, 11) is 0. The van der Waals surface area contributed by atoms with Gasteiger partial charge in [0.05, 0.1) is 0 Å². The Labute approximate surface area is 205 Å². The monoisotopic (exact) mass is 482 g/mol. The van der Waals surface area contributed by atoms with Crippen molar-refractivity contribution in [1.29, 1.82) is 0 Å². The van der Waals surface area contributed by atoms with Crippen molar-refractivity contribution in [1.82, 2.24) is 9.88 Å². The predicted molar refractivity (Wildman–Crippen MR) is 132 cm³/mol. The van der Waals surface area contributed by atoms with Crippen molar-refractivity contribution in [2.75, 3.05) is 0 Å². The number of benzene rings is 1. The number of amides is 1. The van der Waals surface area contributed by atoms with Crippen molar-refractivity contribution in [2.24, 2.45) is 5.92 Å². The Kier molecular flexibility index (Phi) is 7.72. The summed E-state index contributed by atoms with van der Waals surface area (Å²) in [5.74, 6) is -2.09. The van der Waals surface area contributed by atoms with Crippen LogP contribution in [0.2, 0.25) is 0 Å². The van der Waals surface area contributed by atoms with Gasteiger partial charge in [-0.25, -0.2) is 9.18 Å². The average Bonchev–Trinajstić information content (AvgIpc) is 2.82. The smallest absolute Gasteiger partial charge is 0.333 e. The summed E-state index contributed by atoms with van der Waals surface area (Å²) < 4.78 is 15.3. The quantitative estimate of drug-likeness (QED) is 0.609. The summed E-state index contributed by atoms with van der Waals surface area (Å²) in [6.45, 7) is 1.96. The van der Waals surface area contributed by atoms with E-state index in [1.54, 1.807) is 6.07 Å². The molecule has 0 aliphatic heterocycles. The molecule has 2 aliphatic rings. The van der Waals surface area contributed by atoms with E-state index in [-0.39, 0.29) is 16.7 Å². The normalized spacial score (nSPS) is 18.6. The molecule has 1 saturated carbocycles. The van der Waals surface area contributed by atoms with Crippen LogP contribution in [0.15, 0.2) is 35.1 Å². The van der Waals surface area contributed by atoms with Gasteiger partial charge < -0.3 is 15.0 Å². The highest BCUT2D eigenvalue weighted by Gasteiger charge is 2.38. The van der Waals surface area contributed by atoms with E-state index in [0.717, 1.165) is 87.6 Å². The van der Waals surface area contributed by atoms with Crippen LogP contribution in [0.5, 0.6) is 0 Å². The van der Waals surface area contributed by atoms with Crippen LogP contribution in [-0.4, -0.2) is 21.6 Å². The zero-order valence-corrected chi connectivity index (χ0v) is 20.4. The summed E-state index contributed by atoms with van der Waals surface area (Å²) in [6.07, 6.45) is 11.6. The number of hydrogen-bond donors (Lipinski definition) is 2. The fourth-order valence-electron chi connectivity index (χ4n) is 5.54. The number of carboxylic acids is 1. The summed E-state index contributed by atoms with van der Waals surface area (Å²) in [5, 5.41) is 12.5. The maximum atomic E-state index is 13.7. The number of carbonyl (C=O) groups is 2. The Morgan fingerprint density at radius 3 is 2.31 bits per heavy atom. The molecule has 2 N–H and O–H groups in total. The first kappa shape index (κ1) is 25.1. The number of aromatic nitrogens is 1. The van der Waals surface area contributed by atoms with E-state index in [0.29, 0.717) is 12.5 Å². The Balaban J connectivity index is 1.73. The third-order valence-electron chi connectivity index (χ3n) is 7.72. The maximum absolute atomic E-state index is 13.7. The van der Waals surface area contributed by atoms with Gasteiger partial charge in [-0.2, -0.15) is 0 Å². The maximum Gasteiger partial charge on any atom is 0.333 e. The van der Waals surface area contributed by atoms with Gasteiger partial charge in [-0.1, -0.05) is 44.2 Å². The molecule has 2 aromatic rings. The van der Waals surface area contributed by atoms with E-state index < -0.39 is 23.2 Å². The second kappa shape index (κ2) is 10.8. The summed E-state index contributed by atoms with van der Waals surface area (Å²) in [4.78, 5) is 39.4. The summed E-state index contributed by atoms with van der Waals surface area (Å²) >= 11 is 0. The first-order chi connectivity index (χ1) is 16.8. The van der Waals surface area contributed by atoms with Crippen molar-refractivity contribution in [3.63, 3.8) is 0 Å². The molecule has 6 nitrogen and oxygen atoms in total. The second-order valence-corrected chi connectivity index (χ2v) is 10.3. The third-order valence-corrected chi connectivity index (χ3v) is 7.72. The van der Waals surface area contributed by atoms with Crippen molar-refractivity contribution >= 4 is 11.9 Å². The standard InChI is InChI=1S/C28H35FN2O4/c1-28(27(34)35,21-13-15-22(29)16-14-21)30-25(32)23-17-20-11-7-2-3-8-12-24(20)31(26(23)33)18-19-9-5-4-6-10-19/h13-17,19H,2-12,18H2,1H3,(H,30,32)(H,34,35). The molecule has 1 unspecified atom stereocenters. The van der Waals surface area contributed by atoms with Gasteiger partial charge in [0, 0.05) is 12.2 Å². The molecule has 1 heterocycles. The van der Waals surface area contributed by atoms with Crippen LogP contribution in [0.25, 0.3) is 0 Å². The van der Waals surface area contributed by atoms with Gasteiger partial charge in [-0.05, 0) is 80.7 Å². The second-order valence-electron chi connectivity index (χ2n) is 10.3. The molecular formula is C28H35FN2O4. The summed E-state index contributed by atoms with van der Waals surface area (Å²) in [5.41, 5.74) is 0.110. The van der Waals surface area contributed by atoms with Crippen LogP contribution in [0, 0.1) is 11.7 Å². The van der Waals surface area contributed by atoms with Crippen LogP contribution in [0.1, 0.15) is 91.9 Å². The molecule has 1 fully saturated rings. The molecule has 35 heavy (non-hydrogen) atoms. The van der Waals surface area contributed by atoms with Gasteiger partial charge in [-0.15, -0.1) is 0 Å². The Hall–Kier alpha value is -2.96. The first-order valence-electron chi connectivity index (χ1n) is 12.9. The minimum atomic E-state index is -1.81. The first-order valence-corrected chi connectivity index (χ1v) is 12.9. The predicted octanol–water partition coefficient (Wildman–Crippen LogP) is 4.96. The average molecular weight is 483 g/mol. The lowest BCUT2D eigenvalue weighted by atomic mass is 9.88. The largest absolute Gasteiger partial charge is 0.479 e. The molecule has 1 amide bonds. The van der Waals surface area contributed by atoms with Crippen LogP contribution in [0.4, 0.5) is 4.39 Å². The van der Waals surface area contributed by atoms with Crippen LogP contribution in [-0.2, 0) is 29.7 Å². The number of rotatable bonds is 6. The van der Waals surface area contributed by atoms with Gasteiger partial charge in [0.2, 0.25) is 0 Å². The van der Waals surface area contributed by atoms with E-state index in [1.165, 1.54) is 25.5 Å². The number of pyridine rings is 1. The molecule has 0 saturated heterocycles. The van der Waals surface area contributed by atoms with Gasteiger partial charge in [0.15, 0.2) is 5.54 Å². The number of aryl methyl sites for hydroxylation is 1. The highest BCUT2D eigenvalue weighted by Crippen LogP contribution is 2.28. The highest BCUT2D eigenvalue weighted by molar-refractivity contribution is 5.98. The van der Waals surface area contributed by atoms with Gasteiger partial charge in [0.25, 0.3) is 11.5 Å². The van der Waals surface area contributed by atoms with Gasteiger partial charge in [0.1, 0.15) is 11.4 Å². The number of nitrogens with one attached hydrogen (secondary N) is 1. The zero-order valence-electron chi connectivity index (χ0n) is 20.4. The Morgan fingerprint density at radius 2 is 1.66 bits per heavy atom. The van der Waals surface area contributed by atoms with Gasteiger partial charge >= 0.3 is 5.97 Å². The van der Waals surface area contributed by atoms with Crippen LogP contribution in [0.3, 0.4) is 0 Å². The number of aliphatic carboxylic acids is 1. The lowest BCUT2D eigenvalue weighted by Gasteiger charge is -2.28. The molecule has 2 aliphatic carbocycles. The fourth-order valence-corrected chi connectivity index (χ4v) is 5.54. The van der Waals surface area contributed by atoms with Gasteiger partial charge in [-0.3, -0.25) is 9.59 Å². The number of nitrogens with zero attached hydrogens (tertiary/aromatic N) is 1. The third kappa shape index (κ3) is 5.49. The Morgan fingerprint density at radius 1 is 1.03 bits per heavy atom. The van der Waals surface area contributed by atoms with Crippen molar-refractivity contribution in [3.8, 4) is 0 Å². The molecule has 1 aromatic heterocycles. The minimum absolute atomic E-state index is 0.0188. The van der Waals surface area contributed by atoms with Crippen molar-refractivity contribution in [3.05, 3.63) is 68.9 Å². The zero-order chi connectivity index (χ0) is 25.0. The van der Waals surface area contributed by atoms with E-state index in [9.17, 15) is 23.9 Å². The van der Waals surface area contributed by atoms with E-state index in [4.69, 9.17) is 0 Å². The minimum Gasteiger partial charge on any atom is -0.479 e. The number of hydrogen-bond acceptors (Lipinski definition) is 3. The molecule has 0 radical (unpaired) electrons. The molecule has 1 aromatic carbocycles. The highest BCUT2D eigenvalue weighted by atomic mass is 19.1. The molecule has 0 bridgehead atoms. The number of fused-ring (bicyclic) bond motifs is 1. The molecular weight excluding hydrogens is 447 g/mol.